The van der Waals surface area contributed by atoms with Crippen LogP contribution < -0.4 is 5.32 Å². The number of hydrogen-bond donors (Lipinski definition) is 2. The standard InChI is InChI=1S/C19H13Cl2NO4/c1-10-8-11(19(24)25)2-5-15(10)22-18(23)17-7-6-16(26-17)13-9-12(20)3-4-14(13)21/h2-9H,1H3,(H,22,23)(H,24,25). The highest BCUT2D eigenvalue weighted by molar-refractivity contribution is 6.35. The van der Waals surface area contributed by atoms with Gasteiger partial charge in [-0.25, -0.2) is 4.79 Å². The molecule has 0 bridgehead atoms. The second-order valence-electron chi connectivity index (χ2n) is 5.58. The Morgan fingerprint density at radius 2 is 1.81 bits per heavy atom. The van der Waals surface area contributed by atoms with Gasteiger partial charge in [-0.1, -0.05) is 23.2 Å². The quantitative estimate of drug-likeness (QED) is 0.616. The molecule has 26 heavy (non-hydrogen) atoms. The molecule has 0 atom stereocenters. The van der Waals surface area contributed by atoms with Gasteiger partial charge in [0.15, 0.2) is 5.76 Å². The van der Waals surface area contributed by atoms with Crippen LogP contribution in [0.25, 0.3) is 11.3 Å². The molecule has 0 fully saturated rings. The number of carbonyl (C=O) groups is 2. The maximum atomic E-state index is 12.4. The molecule has 3 rings (SSSR count). The van der Waals surface area contributed by atoms with E-state index < -0.39 is 11.9 Å². The third-order valence-electron chi connectivity index (χ3n) is 3.75. The van der Waals surface area contributed by atoms with Gasteiger partial charge in [0.25, 0.3) is 5.91 Å². The number of amides is 1. The summed E-state index contributed by atoms with van der Waals surface area (Å²) < 4.78 is 5.59. The van der Waals surface area contributed by atoms with E-state index in [2.05, 4.69) is 5.32 Å². The van der Waals surface area contributed by atoms with Gasteiger partial charge in [-0.05, 0) is 61.0 Å². The van der Waals surface area contributed by atoms with Crippen molar-refractivity contribution in [3.63, 3.8) is 0 Å². The fourth-order valence-corrected chi connectivity index (χ4v) is 2.79. The number of furan rings is 1. The number of nitrogens with one attached hydrogen (secondary N) is 1. The van der Waals surface area contributed by atoms with Crippen molar-refractivity contribution in [2.45, 2.75) is 6.92 Å². The highest BCUT2D eigenvalue weighted by Gasteiger charge is 2.16. The highest BCUT2D eigenvalue weighted by Crippen LogP contribution is 2.32. The molecule has 2 aromatic carbocycles. The maximum Gasteiger partial charge on any atom is 0.335 e. The molecule has 2 N–H and O–H groups in total. The lowest BCUT2D eigenvalue weighted by Crippen LogP contribution is -2.12. The van der Waals surface area contributed by atoms with Gasteiger partial charge in [0.2, 0.25) is 0 Å². The molecule has 132 valence electrons. The van der Waals surface area contributed by atoms with E-state index in [0.717, 1.165) is 0 Å². The minimum Gasteiger partial charge on any atom is -0.478 e. The number of hydrogen-bond acceptors (Lipinski definition) is 3. The van der Waals surface area contributed by atoms with Crippen LogP contribution in [0.15, 0.2) is 52.9 Å². The molecule has 0 aliphatic rings. The number of carboxylic acids is 1. The molecule has 1 heterocycles. The number of carboxylic acid groups (broad SMARTS) is 1. The van der Waals surface area contributed by atoms with E-state index in [4.69, 9.17) is 32.7 Å². The SMILES string of the molecule is Cc1cc(C(=O)O)ccc1NC(=O)c1ccc(-c2cc(Cl)ccc2Cl)o1. The summed E-state index contributed by atoms with van der Waals surface area (Å²) in [5.74, 6) is -0.973. The van der Waals surface area contributed by atoms with Gasteiger partial charge in [0.1, 0.15) is 5.76 Å². The van der Waals surface area contributed by atoms with Crippen LogP contribution in [0, 0.1) is 6.92 Å². The van der Waals surface area contributed by atoms with Crippen molar-refractivity contribution in [3.8, 4) is 11.3 Å². The Kier molecular flexibility index (Phi) is 5.02. The number of aromatic carboxylic acids is 1. The predicted octanol–water partition coefficient (Wildman–Crippen LogP) is 5.51. The zero-order chi connectivity index (χ0) is 18.8. The normalized spacial score (nSPS) is 10.6. The van der Waals surface area contributed by atoms with Gasteiger partial charge < -0.3 is 14.8 Å². The molecule has 3 aromatic rings. The Hall–Kier alpha value is -2.76. The Morgan fingerprint density at radius 1 is 1.04 bits per heavy atom. The third-order valence-corrected chi connectivity index (χ3v) is 4.31. The second-order valence-corrected chi connectivity index (χ2v) is 6.42. The van der Waals surface area contributed by atoms with Gasteiger partial charge >= 0.3 is 5.97 Å². The lowest BCUT2D eigenvalue weighted by molar-refractivity contribution is 0.0696. The summed E-state index contributed by atoms with van der Waals surface area (Å²) in [5.41, 5.74) is 1.86. The van der Waals surface area contributed by atoms with Gasteiger partial charge in [0.05, 0.1) is 10.6 Å². The van der Waals surface area contributed by atoms with E-state index in [9.17, 15) is 9.59 Å². The number of halogens is 2. The first kappa shape index (κ1) is 18.0. The topological polar surface area (TPSA) is 79.5 Å². The van der Waals surface area contributed by atoms with Gasteiger partial charge in [-0.15, -0.1) is 0 Å². The first-order valence-corrected chi connectivity index (χ1v) is 8.31. The molecule has 7 heteroatoms. The molecule has 1 aromatic heterocycles. The van der Waals surface area contributed by atoms with Crippen LogP contribution in [0.5, 0.6) is 0 Å². The molecule has 0 spiro atoms. The molecule has 0 aliphatic carbocycles. The first-order valence-electron chi connectivity index (χ1n) is 7.55. The van der Waals surface area contributed by atoms with Crippen LogP contribution in [0.1, 0.15) is 26.5 Å². The molecule has 5 nitrogen and oxygen atoms in total. The summed E-state index contributed by atoms with van der Waals surface area (Å²) in [6.07, 6.45) is 0. The van der Waals surface area contributed by atoms with Gasteiger partial charge in [-0.3, -0.25) is 4.79 Å². The molecule has 0 radical (unpaired) electrons. The monoisotopic (exact) mass is 389 g/mol. The van der Waals surface area contributed by atoms with Crippen LogP contribution in [0.3, 0.4) is 0 Å². The minimum atomic E-state index is -1.03. The average molecular weight is 390 g/mol. The largest absolute Gasteiger partial charge is 0.478 e. The van der Waals surface area contributed by atoms with E-state index in [0.29, 0.717) is 32.6 Å². The van der Waals surface area contributed by atoms with Gasteiger partial charge in [-0.2, -0.15) is 0 Å². The van der Waals surface area contributed by atoms with Crippen LogP contribution in [0.4, 0.5) is 5.69 Å². The summed E-state index contributed by atoms with van der Waals surface area (Å²) in [6, 6.07) is 12.6. The Bertz CT molecular complexity index is 1010. The highest BCUT2D eigenvalue weighted by atomic mass is 35.5. The van der Waals surface area contributed by atoms with Crippen molar-refractivity contribution in [1.29, 1.82) is 0 Å². The first-order chi connectivity index (χ1) is 12.3. The number of carbonyl (C=O) groups excluding carboxylic acids is 1. The van der Waals surface area contributed by atoms with Crippen molar-refractivity contribution in [2.24, 2.45) is 0 Å². The number of rotatable bonds is 4. The zero-order valence-corrected chi connectivity index (χ0v) is 15.1. The van der Waals surface area contributed by atoms with Crippen LogP contribution in [0.2, 0.25) is 10.0 Å². The van der Waals surface area contributed by atoms with Crippen LogP contribution in [-0.2, 0) is 0 Å². The lowest BCUT2D eigenvalue weighted by atomic mass is 10.1. The number of benzene rings is 2. The second kappa shape index (κ2) is 7.23. The lowest BCUT2D eigenvalue weighted by Gasteiger charge is -2.08. The van der Waals surface area contributed by atoms with Crippen molar-refractivity contribution in [1.82, 2.24) is 0 Å². The molecule has 1 amide bonds. The van der Waals surface area contributed by atoms with Crippen LogP contribution in [-0.4, -0.2) is 17.0 Å². The number of anilines is 1. The Morgan fingerprint density at radius 3 is 2.50 bits per heavy atom. The van der Waals surface area contributed by atoms with Crippen molar-refractivity contribution in [2.75, 3.05) is 5.32 Å². The predicted molar refractivity (Wildman–Crippen MR) is 100 cm³/mol. The van der Waals surface area contributed by atoms with E-state index >= 15 is 0 Å². The van der Waals surface area contributed by atoms with E-state index in [1.54, 1.807) is 31.2 Å². The van der Waals surface area contributed by atoms with Crippen molar-refractivity contribution >= 4 is 40.8 Å². The molecular weight excluding hydrogens is 377 g/mol. The van der Waals surface area contributed by atoms with Crippen LogP contribution >= 0.6 is 23.2 Å². The van der Waals surface area contributed by atoms with Crippen molar-refractivity contribution < 1.29 is 19.1 Å². The van der Waals surface area contributed by atoms with E-state index in [-0.39, 0.29) is 11.3 Å². The molecule has 0 aliphatic heterocycles. The Balaban J connectivity index is 1.83. The molecule has 0 unspecified atom stereocenters. The minimum absolute atomic E-state index is 0.0951. The summed E-state index contributed by atoms with van der Waals surface area (Å²) in [7, 11) is 0. The summed E-state index contributed by atoms with van der Waals surface area (Å²) in [6.45, 7) is 1.71. The smallest absolute Gasteiger partial charge is 0.335 e. The fourth-order valence-electron chi connectivity index (χ4n) is 2.41. The van der Waals surface area contributed by atoms with Crippen molar-refractivity contribution in [3.05, 3.63) is 75.5 Å². The van der Waals surface area contributed by atoms with E-state index in [1.165, 1.54) is 24.3 Å². The fraction of sp³-hybridized carbons (Fsp3) is 0.0526. The zero-order valence-electron chi connectivity index (χ0n) is 13.5. The summed E-state index contributed by atoms with van der Waals surface area (Å²) in [5, 5.41) is 12.6. The van der Waals surface area contributed by atoms with E-state index in [1.807, 2.05) is 0 Å². The molecule has 0 saturated heterocycles. The van der Waals surface area contributed by atoms with Gasteiger partial charge in [0, 0.05) is 16.3 Å². The Labute approximate surface area is 159 Å². The third kappa shape index (κ3) is 3.74. The molecular formula is C19H13Cl2NO4. The number of aryl methyl sites for hydroxylation is 1. The molecule has 0 saturated carbocycles. The summed E-state index contributed by atoms with van der Waals surface area (Å²) >= 11 is 12.1. The summed E-state index contributed by atoms with van der Waals surface area (Å²) in [4.78, 5) is 23.4. The maximum absolute atomic E-state index is 12.4. The average Bonchev–Trinajstić information content (AvgIpc) is 3.08.